The number of aromatic nitrogens is 2. The summed E-state index contributed by atoms with van der Waals surface area (Å²) in [5.41, 5.74) is 0.0897. The average molecular weight is 298 g/mol. The molecular weight excluding hydrogens is 276 g/mol. The number of carboxylic acid groups (broad SMARTS) is 1. The zero-order valence-corrected chi connectivity index (χ0v) is 13.0. The van der Waals surface area contributed by atoms with Gasteiger partial charge in [-0.2, -0.15) is 5.10 Å². The van der Waals surface area contributed by atoms with Crippen LogP contribution in [-0.4, -0.2) is 31.8 Å². The molecule has 118 valence electrons. The summed E-state index contributed by atoms with van der Waals surface area (Å²) in [6.45, 7) is 7.53. The van der Waals surface area contributed by atoms with E-state index >= 15 is 0 Å². The Hall–Kier alpha value is -2.12. The van der Waals surface area contributed by atoms with E-state index in [1.165, 1.54) is 4.68 Å². The van der Waals surface area contributed by atoms with Crippen LogP contribution in [-0.2, 0) is 11.8 Å². The van der Waals surface area contributed by atoms with Gasteiger partial charge in [-0.15, -0.1) is 0 Å². The highest BCUT2D eigenvalue weighted by Gasteiger charge is 2.28. The lowest BCUT2D eigenvalue weighted by Gasteiger charge is -2.26. The third-order valence-corrected chi connectivity index (χ3v) is 2.99. The first-order chi connectivity index (χ1) is 9.51. The average Bonchev–Trinajstić information content (AvgIpc) is 2.49. The number of aliphatic carboxylic acids is 1. The van der Waals surface area contributed by atoms with Crippen molar-refractivity contribution < 1.29 is 14.8 Å². The summed E-state index contributed by atoms with van der Waals surface area (Å²) < 4.78 is 1.38. The van der Waals surface area contributed by atoms with Crippen LogP contribution < -0.4 is 5.32 Å². The molecule has 1 unspecified atom stereocenters. The third-order valence-electron chi connectivity index (χ3n) is 2.99. The van der Waals surface area contributed by atoms with Gasteiger partial charge in [0.25, 0.3) is 0 Å². The first-order valence-electron chi connectivity index (χ1n) is 6.67. The number of carbonyl (C=O) groups is 1. The lowest BCUT2D eigenvalue weighted by Crippen LogP contribution is -2.29. The van der Waals surface area contributed by atoms with Crippen LogP contribution >= 0.6 is 0 Å². The maximum atomic E-state index is 11.1. The Labute approximate surface area is 123 Å². The van der Waals surface area contributed by atoms with Crippen molar-refractivity contribution in [3.63, 3.8) is 0 Å². The quantitative estimate of drug-likeness (QED) is 0.616. The van der Waals surface area contributed by atoms with Gasteiger partial charge in [0.1, 0.15) is 5.69 Å². The van der Waals surface area contributed by atoms with E-state index < -0.39 is 16.9 Å². The van der Waals surface area contributed by atoms with Crippen LogP contribution in [0.25, 0.3) is 0 Å². The normalized spacial score (nSPS) is 13.0. The number of nitrogens with zero attached hydrogens (tertiary/aromatic N) is 3. The van der Waals surface area contributed by atoms with Gasteiger partial charge in [0, 0.05) is 13.1 Å². The van der Waals surface area contributed by atoms with E-state index in [0.717, 1.165) is 0 Å². The van der Waals surface area contributed by atoms with E-state index in [4.69, 9.17) is 5.11 Å². The third kappa shape index (κ3) is 4.73. The zero-order valence-electron chi connectivity index (χ0n) is 13.0. The van der Waals surface area contributed by atoms with Crippen LogP contribution in [0.3, 0.4) is 0 Å². The van der Waals surface area contributed by atoms with Gasteiger partial charge in [-0.05, 0) is 18.8 Å². The molecule has 8 heteroatoms. The molecule has 8 nitrogen and oxygen atoms in total. The molecule has 0 saturated carbocycles. The van der Waals surface area contributed by atoms with Crippen LogP contribution in [0.4, 0.5) is 11.5 Å². The molecule has 0 radical (unpaired) electrons. The molecular formula is C13H22N4O4. The first kappa shape index (κ1) is 16.9. The summed E-state index contributed by atoms with van der Waals surface area (Å²) in [5.74, 6) is -0.703. The standard InChI is InChI=1S/C13H22N4O4/c1-8-11(17(20)21)12(16(5)15-8)14-9(6-10(18)19)7-13(2,3)4/h9,14H,6-7H2,1-5H3,(H,18,19). The van der Waals surface area contributed by atoms with Crippen LogP contribution in [0.15, 0.2) is 0 Å². The van der Waals surface area contributed by atoms with E-state index in [-0.39, 0.29) is 23.3 Å². The number of hydrogen-bond acceptors (Lipinski definition) is 5. The van der Waals surface area contributed by atoms with Crippen molar-refractivity contribution >= 4 is 17.5 Å². The summed E-state index contributed by atoms with van der Waals surface area (Å²) >= 11 is 0. The Morgan fingerprint density at radius 3 is 2.52 bits per heavy atom. The highest BCUT2D eigenvalue weighted by Crippen LogP contribution is 2.31. The monoisotopic (exact) mass is 298 g/mol. The molecule has 0 aliphatic heterocycles. The molecule has 0 bridgehead atoms. The molecule has 0 saturated heterocycles. The van der Waals surface area contributed by atoms with Crippen molar-refractivity contribution in [2.24, 2.45) is 12.5 Å². The number of hydrogen-bond donors (Lipinski definition) is 2. The zero-order chi connectivity index (χ0) is 16.4. The summed E-state index contributed by atoms with van der Waals surface area (Å²) in [7, 11) is 1.59. The van der Waals surface area contributed by atoms with Crippen molar-refractivity contribution in [3.8, 4) is 0 Å². The van der Waals surface area contributed by atoms with Gasteiger partial charge in [0.05, 0.1) is 11.3 Å². The van der Waals surface area contributed by atoms with E-state index in [2.05, 4.69) is 10.4 Å². The van der Waals surface area contributed by atoms with E-state index in [0.29, 0.717) is 12.1 Å². The molecule has 0 aliphatic carbocycles. The number of carboxylic acids is 1. The number of anilines is 1. The minimum atomic E-state index is -0.946. The molecule has 1 aromatic rings. The van der Waals surface area contributed by atoms with Crippen LogP contribution in [0.5, 0.6) is 0 Å². The predicted octanol–water partition coefficient (Wildman–Crippen LogP) is 2.33. The van der Waals surface area contributed by atoms with E-state index in [1.54, 1.807) is 14.0 Å². The van der Waals surface area contributed by atoms with Crippen molar-refractivity contribution in [2.45, 2.75) is 46.6 Å². The molecule has 2 N–H and O–H groups in total. The van der Waals surface area contributed by atoms with Crippen molar-refractivity contribution in [1.82, 2.24) is 9.78 Å². The Kier molecular flexibility index (Phi) is 4.93. The Morgan fingerprint density at radius 2 is 2.10 bits per heavy atom. The summed E-state index contributed by atoms with van der Waals surface area (Å²) in [4.78, 5) is 21.6. The van der Waals surface area contributed by atoms with Gasteiger partial charge in [0.2, 0.25) is 5.82 Å². The van der Waals surface area contributed by atoms with Crippen molar-refractivity contribution in [3.05, 3.63) is 15.8 Å². The summed E-state index contributed by atoms with van der Waals surface area (Å²) in [5, 5.41) is 27.2. The van der Waals surface area contributed by atoms with Crippen LogP contribution in [0, 0.1) is 22.5 Å². The first-order valence-corrected chi connectivity index (χ1v) is 6.67. The van der Waals surface area contributed by atoms with Gasteiger partial charge in [-0.25, -0.2) is 4.68 Å². The van der Waals surface area contributed by atoms with Crippen molar-refractivity contribution in [1.29, 1.82) is 0 Å². The molecule has 0 spiro atoms. The molecule has 21 heavy (non-hydrogen) atoms. The Morgan fingerprint density at radius 1 is 1.52 bits per heavy atom. The minimum Gasteiger partial charge on any atom is -0.481 e. The summed E-state index contributed by atoms with van der Waals surface area (Å²) in [6.07, 6.45) is 0.458. The Bertz CT molecular complexity index is 545. The molecule has 1 heterocycles. The molecule has 0 aliphatic rings. The molecule has 0 aromatic carbocycles. The minimum absolute atomic E-state index is 0.102. The summed E-state index contributed by atoms with van der Waals surface area (Å²) in [6, 6.07) is -0.406. The number of nitrogens with one attached hydrogen (secondary N) is 1. The molecule has 0 amide bonds. The van der Waals surface area contributed by atoms with Gasteiger partial charge in [0.15, 0.2) is 0 Å². The fraction of sp³-hybridized carbons (Fsp3) is 0.692. The highest BCUT2D eigenvalue weighted by atomic mass is 16.6. The SMILES string of the molecule is Cc1nn(C)c(NC(CC(=O)O)CC(C)(C)C)c1[N+](=O)[O-]. The second kappa shape index (κ2) is 6.11. The number of nitro groups is 1. The van der Waals surface area contributed by atoms with Gasteiger partial charge in [-0.1, -0.05) is 20.8 Å². The second-order valence-electron chi connectivity index (χ2n) is 6.37. The topological polar surface area (TPSA) is 110 Å². The maximum Gasteiger partial charge on any atom is 0.333 e. The van der Waals surface area contributed by atoms with Gasteiger partial charge >= 0.3 is 11.7 Å². The van der Waals surface area contributed by atoms with Crippen molar-refractivity contribution in [2.75, 3.05) is 5.32 Å². The number of rotatable bonds is 6. The van der Waals surface area contributed by atoms with Crippen LogP contribution in [0.1, 0.15) is 39.3 Å². The second-order valence-corrected chi connectivity index (χ2v) is 6.37. The number of aryl methyl sites for hydroxylation is 2. The Balaban J connectivity index is 3.08. The van der Waals surface area contributed by atoms with E-state index in [1.807, 2.05) is 20.8 Å². The predicted molar refractivity (Wildman–Crippen MR) is 78.3 cm³/mol. The van der Waals surface area contributed by atoms with Crippen LogP contribution in [0.2, 0.25) is 0 Å². The molecule has 0 fully saturated rings. The molecule has 1 aromatic heterocycles. The molecule has 1 rings (SSSR count). The maximum absolute atomic E-state index is 11.1. The fourth-order valence-corrected chi connectivity index (χ4v) is 2.34. The largest absolute Gasteiger partial charge is 0.481 e. The smallest absolute Gasteiger partial charge is 0.333 e. The fourth-order valence-electron chi connectivity index (χ4n) is 2.34. The lowest BCUT2D eigenvalue weighted by molar-refractivity contribution is -0.384. The van der Waals surface area contributed by atoms with Gasteiger partial charge in [-0.3, -0.25) is 14.9 Å². The van der Waals surface area contributed by atoms with E-state index in [9.17, 15) is 14.9 Å². The highest BCUT2D eigenvalue weighted by molar-refractivity contribution is 5.69. The van der Waals surface area contributed by atoms with Gasteiger partial charge < -0.3 is 10.4 Å². The lowest BCUT2D eigenvalue weighted by atomic mass is 9.87. The molecule has 1 atom stereocenters.